The third-order valence-corrected chi connectivity index (χ3v) is 6.12. The Morgan fingerprint density at radius 2 is 1.75 bits per heavy atom. The molecule has 0 radical (unpaired) electrons. The largest absolute Gasteiger partial charge is 0.417 e. The van der Waals surface area contributed by atoms with Crippen LogP contribution in [0.1, 0.15) is 43.7 Å². The zero-order valence-corrected chi connectivity index (χ0v) is 14.3. The SMILES string of the molecule is CC(C(N)=O)(c1ccc(S(C)(=O)=O)c(C(F)(F)F)c1)C1CCCC1. The van der Waals surface area contributed by atoms with Crippen molar-refractivity contribution in [3.63, 3.8) is 0 Å². The van der Waals surface area contributed by atoms with Crippen molar-refractivity contribution in [3.8, 4) is 0 Å². The number of nitrogens with two attached hydrogens (primary N) is 1. The molecular weight excluding hydrogens is 343 g/mol. The summed E-state index contributed by atoms with van der Waals surface area (Å²) in [5.74, 6) is -0.852. The molecule has 0 heterocycles. The topological polar surface area (TPSA) is 77.2 Å². The Bertz CT molecular complexity index is 752. The van der Waals surface area contributed by atoms with Gasteiger partial charge < -0.3 is 5.73 Å². The van der Waals surface area contributed by atoms with Crippen molar-refractivity contribution in [1.82, 2.24) is 0 Å². The van der Waals surface area contributed by atoms with Crippen LogP contribution in [0.3, 0.4) is 0 Å². The molecule has 2 N–H and O–H groups in total. The van der Waals surface area contributed by atoms with Crippen LogP contribution < -0.4 is 5.73 Å². The molecule has 1 atom stereocenters. The third kappa shape index (κ3) is 3.29. The summed E-state index contributed by atoms with van der Waals surface area (Å²) in [5, 5.41) is 0. The molecule has 24 heavy (non-hydrogen) atoms. The fourth-order valence-corrected chi connectivity index (χ4v) is 4.37. The minimum atomic E-state index is -4.84. The first-order valence-corrected chi connectivity index (χ1v) is 9.49. The number of hydrogen-bond donors (Lipinski definition) is 1. The van der Waals surface area contributed by atoms with E-state index in [4.69, 9.17) is 5.73 Å². The van der Waals surface area contributed by atoms with E-state index < -0.39 is 37.8 Å². The van der Waals surface area contributed by atoms with Gasteiger partial charge in [-0.25, -0.2) is 8.42 Å². The summed E-state index contributed by atoms with van der Waals surface area (Å²) in [4.78, 5) is 11.3. The van der Waals surface area contributed by atoms with Gasteiger partial charge >= 0.3 is 6.18 Å². The minimum Gasteiger partial charge on any atom is -0.369 e. The lowest BCUT2D eigenvalue weighted by atomic mass is 9.70. The Hall–Kier alpha value is -1.57. The highest BCUT2D eigenvalue weighted by Gasteiger charge is 2.45. The zero-order valence-electron chi connectivity index (χ0n) is 13.5. The molecule has 1 aliphatic rings. The maximum atomic E-state index is 13.3. The number of rotatable bonds is 4. The number of benzene rings is 1. The first kappa shape index (κ1) is 18.8. The van der Waals surface area contributed by atoms with Crippen LogP contribution >= 0.6 is 0 Å². The third-order valence-electron chi connectivity index (χ3n) is 4.97. The molecule has 1 amide bonds. The summed E-state index contributed by atoms with van der Waals surface area (Å²) in [5.41, 5.74) is 3.13. The standard InChI is InChI=1S/C16H20F3NO3S/c1-15(14(20)21,10-5-3-4-6-10)11-7-8-13(24(2,22)23)12(9-11)16(17,18)19/h7-10H,3-6H2,1-2H3,(H2,20,21). The Balaban J connectivity index is 2.68. The van der Waals surface area contributed by atoms with Crippen LogP contribution in [0.15, 0.2) is 23.1 Å². The second-order valence-corrected chi connectivity index (χ2v) is 8.51. The summed E-state index contributed by atoms with van der Waals surface area (Å²) < 4.78 is 63.4. The molecule has 0 aromatic heterocycles. The summed E-state index contributed by atoms with van der Waals surface area (Å²) in [6, 6.07) is 2.96. The molecule has 2 rings (SSSR count). The van der Waals surface area contributed by atoms with Gasteiger partial charge in [0.05, 0.1) is 15.9 Å². The van der Waals surface area contributed by atoms with Gasteiger partial charge in [-0.15, -0.1) is 0 Å². The Morgan fingerprint density at radius 3 is 2.17 bits per heavy atom. The van der Waals surface area contributed by atoms with Gasteiger partial charge in [0.15, 0.2) is 9.84 Å². The molecule has 0 saturated heterocycles. The van der Waals surface area contributed by atoms with E-state index in [2.05, 4.69) is 0 Å². The summed E-state index contributed by atoms with van der Waals surface area (Å²) in [6.07, 6.45) is -0.935. The second-order valence-electron chi connectivity index (χ2n) is 6.53. The lowest BCUT2D eigenvalue weighted by Crippen LogP contribution is -2.44. The monoisotopic (exact) mass is 363 g/mol. The van der Waals surface area contributed by atoms with E-state index in [9.17, 15) is 26.4 Å². The van der Waals surface area contributed by atoms with Crippen LogP contribution in [-0.4, -0.2) is 20.6 Å². The highest BCUT2D eigenvalue weighted by molar-refractivity contribution is 7.90. The highest BCUT2D eigenvalue weighted by Crippen LogP contribution is 2.44. The summed E-state index contributed by atoms with van der Waals surface area (Å²) in [6.45, 7) is 1.54. The van der Waals surface area contributed by atoms with Crippen molar-refractivity contribution in [2.45, 2.75) is 49.1 Å². The molecule has 1 aromatic rings. The fourth-order valence-electron chi connectivity index (χ4n) is 3.48. The van der Waals surface area contributed by atoms with Gasteiger partial charge in [-0.05, 0) is 43.4 Å². The van der Waals surface area contributed by atoms with Crippen LogP contribution in [-0.2, 0) is 26.2 Å². The van der Waals surface area contributed by atoms with E-state index in [1.165, 1.54) is 6.07 Å². The van der Waals surface area contributed by atoms with Gasteiger partial charge in [0.25, 0.3) is 0 Å². The van der Waals surface area contributed by atoms with Gasteiger partial charge in [-0.2, -0.15) is 13.2 Å². The number of sulfone groups is 1. The lowest BCUT2D eigenvalue weighted by Gasteiger charge is -2.33. The van der Waals surface area contributed by atoms with Gasteiger partial charge in [-0.1, -0.05) is 18.9 Å². The summed E-state index contributed by atoms with van der Waals surface area (Å²) in [7, 11) is -4.05. The second kappa shape index (κ2) is 6.06. The number of alkyl halides is 3. The molecular formula is C16H20F3NO3S. The van der Waals surface area contributed by atoms with Crippen LogP contribution in [0, 0.1) is 5.92 Å². The number of primary amides is 1. The maximum Gasteiger partial charge on any atom is 0.417 e. The first-order chi connectivity index (χ1) is 10.9. The Kier molecular flexibility index (Phi) is 4.74. The number of hydrogen-bond acceptors (Lipinski definition) is 3. The highest BCUT2D eigenvalue weighted by atomic mass is 32.2. The van der Waals surface area contributed by atoms with E-state index in [1.54, 1.807) is 6.92 Å². The molecule has 1 aromatic carbocycles. The van der Waals surface area contributed by atoms with E-state index >= 15 is 0 Å². The molecule has 4 nitrogen and oxygen atoms in total. The van der Waals surface area contributed by atoms with Crippen LogP contribution in [0.25, 0.3) is 0 Å². The molecule has 0 aliphatic heterocycles. The Labute approximate surface area is 139 Å². The van der Waals surface area contributed by atoms with E-state index in [1.807, 2.05) is 0 Å². The number of amides is 1. The van der Waals surface area contributed by atoms with Crippen molar-refractivity contribution in [1.29, 1.82) is 0 Å². The average molecular weight is 363 g/mol. The maximum absolute atomic E-state index is 13.3. The van der Waals surface area contributed by atoms with Crippen molar-refractivity contribution >= 4 is 15.7 Å². The Morgan fingerprint density at radius 1 is 1.21 bits per heavy atom. The normalized spacial score (nSPS) is 19.2. The quantitative estimate of drug-likeness (QED) is 0.893. The number of carbonyl (C=O) groups is 1. The molecule has 1 aliphatic carbocycles. The van der Waals surface area contributed by atoms with Gasteiger partial charge in [0.1, 0.15) is 0 Å². The van der Waals surface area contributed by atoms with Gasteiger partial charge in [-0.3, -0.25) is 4.79 Å². The van der Waals surface area contributed by atoms with Crippen molar-refractivity contribution in [3.05, 3.63) is 29.3 Å². The van der Waals surface area contributed by atoms with Crippen molar-refractivity contribution in [2.24, 2.45) is 11.7 Å². The summed E-state index contributed by atoms with van der Waals surface area (Å²) >= 11 is 0. The molecule has 1 unspecified atom stereocenters. The molecule has 8 heteroatoms. The van der Waals surface area contributed by atoms with Crippen molar-refractivity contribution in [2.75, 3.05) is 6.26 Å². The first-order valence-electron chi connectivity index (χ1n) is 7.60. The minimum absolute atomic E-state index is 0.113. The molecule has 0 spiro atoms. The predicted molar refractivity (Wildman–Crippen MR) is 83.1 cm³/mol. The van der Waals surface area contributed by atoms with Gasteiger partial charge in [0.2, 0.25) is 5.91 Å². The van der Waals surface area contributed by atoms with Gasteiger partial charge in [0, 0.05) is 6.26 Å². The van der Waals surface area contributed by atoms with Crippen LogP contribution in [0.2, 0.25) is 0 Å². The zero-order chi connectivity index (χ0) is 18.3. The molecule has 1 saturated carbocycles. The van der Waals surface area contributed by atoms with E-state index in [0.29, 0.717) is 12.8 Å². The van der Waals surface area contributed by atoms with Crippen LogP contribution in [0.4, 0.5) is 13.2 Å². The van der Waals surface area contributed by atoms with Crippen LogP contribution in [0.5, 0.6) is 0 Å². The fraction of sp³-hybridized carbons (Fsp3) is 0.562. The molecule has 134 valence electrons. The van der Waals surface area contributed by atoms with Crippen molar-refractivity contribution < 1.29 is 26.4 Å². The lowest BCUT2D eigenvalue weighted by molar-refractivity contribution is -0.140. The number of carbonyl (C=O) groups excluding carboxylic acids is 1. The average Bonchev–Trinajstić information content (AvgIpc) is 2.98. The van der Waals surface area contributed by atoms with E-state index in [0.717, 1.165) is 31.2 Å². The van der Waals surface area contributed by atoms with E-state index in [-0.39, 0.29) is 11.5 Å². The number of halogens is 3. The molecule has 1 fully saturated rings. The smallest absolute Gasteiger partial charge is 0.369 e. The molecule has 0 bridgehead atoms. The predicted octanol–water partition coefficient (Wildman–Crippen LogP) is 3.04.